The monoisotopic (exact) mass is 260 g/mol. The van der Waals surface area contributed by atoms with Gasteiger partial charge in [0.2, 0.25) is 0 Å². The summed E-state index contributed by atoms with van der Waals surface area (Å²) in [6, 6.07) is 6.69. The van der Waals surface area contributed by atoms with Crippen molar-refractivity contribution in [2.45, 2.75) is 19.0 Å². The minimum absolute atomic E-state index is 0.474. The van der Waals surface area contributed by atoms with Crippen molar-refractivity contribution in [2.75, 3.05) is 0 Å². The Morgan fingerprint density at radius 1 is 1.57 bits per heavy atom. The molecule has 0 bridgehead atoms. The summed E-state index contributed by atoms with van der Waals surface area (Å²) in [7, 11) is 0. The Kier molecular flexibility index (Phi) is 3.63. The average molecular weight is 261 g/mol. The van der Waals surface area contributed by atoms with Gasteiger partial charge in [0.05, 0.1) is 0 Å². The van der Waals surface area contributed by atoms with Crippen LogP contribution in [0.4, 0.5) is 4.39 Å². The van der Waals surface area contributed by atoms with Crippen molar-refractivity contribution in [2.24, 2.45) is 0 Å². The second-order valence-electron chi connectivity index (χ2n) is 3.05. The topological polar surface area (TPSA) is 37.3 Å². The molecule has 0 aliphatic heterocycles. The fourth-order valence-corrected chi connectivity index (χ4v) is 1.72. The summed E-state index contributed by atoms with van der Waals surface area (Å²) in [5.74, 6) is -2.23. The van der Waals surface area contributed by atoms with Crippen LogP contribution in [0.15, 0.2) is 28.7 Å². The Morgan fingerprint density at radius 2 is 2.21 bits per heavy atom. The number of hydrogen-bond acceptors (Lipinski definition) is 1. The number of carboxylic acids is 1. The average Bonchev–Trinajstić information content (AvgIpc) is 2.02. The molecule has 76 valence electrons. The smallest absolute Gasteiger partial charge is 0.313 e. The van der Waals surface area contributed by atoms with Crippen LogP contribution in [0.3, 0.4) is 0 Å². The molecule has 0 heterocycles. The van der Waals surface area contributed by atoms with Crippen LogP contribution in [0.5, 0.6) is 0 Å². The van der Waals surface area contributed by atoms with E-state index in [1.165, 1.54) is 6.92 Å². The number of aliphatic carboxylic acids is 1. The highest BCUT2D eigenvalue weighted by molar-refractivity contribution is 9.10. The molecule has 4 heteroatoms. The molecular formula is C10H10BrFO2. The second-order valence-corrected chi connectivity index (χ2v) is 3.96. The van der Waals surface area contributed by atoms with Gasteiger partial charge in [-0.15, -0.1) is 0 Å². The third kappa shape index (κ3) is 2.54. The van der Waals surface area contributed by atoms with Crippen LogP contribution in [0.2, 0.25) is 0 Å². The third-order valence-corrected chi connectivity index (χ3v) is 2.43. The van der Waals surface area contributed by atoms with E-state index in [2.05, 4.69) is 15.9 Å². The molecule has 2 unspecified atom stereocenters. The van der Waals surface area contributed by atoms with E-state index < -0.39 is 18.1 Å². The first-order valence-corrected chi connectivity index (χ1v) is 4.94. The predicted octanol–water partition coefficient (Wildman–Crippen LogP) is 2.98. The summed E-state index contributed by atoms with van der Waals surface area (Å²) in [5.41, 5.74) is 0.474. The lowest BCUT2D eigenvalue weighted by atomic mass is 9.95. The molecule has 0 saturated carbocycles. The highest BCUT2D eigenvalue weighted by atomic mass is 79.9. The highest BCUT2D eigenvalue weighted by Crippen LogP contribution is 2.24. The molecule has 0 aliphatic carbocycles. The molecule has 0 fully saturated rings. The summed E-state index contributed by atoms with van der Waals surface area (Å²) in [5, 5.41) is 8.83. The first-order chi connectivity index (χ1) is 6.52. The molecule has 0 radical (unpaired) electrons. The van der Waals surface area contributed by atoms with Crippen molar-refractivity contribution in [3.05, 3.63) is 34.3 Å². The van der Waals surface area contributed by atoms with Gasteiger partial charge >= 0.3 is 5.97 Å². The fourth-order valence-electron chi connectivity index (χ4n) is 1.30. The zero-order valence-corrected chi connectivity index (χ0v) is 9.16. The first-order valence-electron chi connectivity index (χ1n) is 4.14. The van der Waals surface area contributed by atoms with Crippen LogP contribution in [-0.2, 0) is 4.79 Å². The molecule has 0 spiro atoms. The second kappa shape index (κ2) is 4.55. The maximum absolute atomic E-state index is 13.0. The van der Waals surface area contributed by atoms with Gasteiger partial charge in [0.1, 0.15) is 12.1 Å². The quantitative estimate of drug-likeness (QED) is 0.908. The number of carboxylic acid groups (broad SMARTS) is 1. The molecule has 1 N–H and O–H groups in total. The van der Waals surface area contributed by atoms with Crippen LogP contribution in [0, 0.1) is 0 Å². The summed E-state index contributed by atoms with van der Waals surface area (Å²) < 4.78 is 13.8. The number of rotatable bonds is 3. The van der Waals surface area contributed by atoms with E-state index in [4.69, 9.17) is 5.11 Å². The van der Waals surface area contributed by atoms with E-state index in [-0.39, 0.29) is 0 Å². The Labute approximate surface area is 89.9 Å². The fraction of sp³-hybridized carbons (Fsp3) is 0.300. The largest absolute Gasteiger partial charge is 0.481 e. The zero-order chi connectivity index (χ0) is 10.7. The maximum Gasteiger partial charge on any atom is 0.313 e. The van der Waals surface area contributed by atoms with Crippen molar-refractivity contribution in [3.8, 4) is 0 Å². The Bertz CT molecular complexity index is 339. The van der Waals surface area contributed by atoms with E-state index in [1.807, 2.05) is 0 Å². The van der Waals surface area contributed by atoms with Gasteiger partial charge in [-0.3, -0.25) is 4.79 Å². The predicted molar refractivity (Wildman–Crippen MR) is 55.1 cm³/mol. The number of alkyl halides is 1. The highest BCUT2D eigenvalue weighted by Gasteiger charge is 2.26. The summed E-state index contributed by atoms with van der Waals surface area (Å²) in [4.78, 5) is 10.8. The van der Waals surface area contributed by atoms with Crippen LogP contribution in [0.1, 0.15) is 18.4 Å². The summed E-state index contributed by atoms with van der Waals surface area (Å²) in [6.45, 7) is 1.25. The van der Waals surface area contributed by atoms with E-state index in [9.17, 15) is 9.18 Å². The summed E-state index contributed by atoms with van der Waals surface area (Å²) in [6.07, 6.45) is -1.40. The molecule has 0 aromatic heterocycles. The van der Waals surface area contributed by atoms with Crippen molar-refractivity contribution < 1.29 is 14.3 Å². The molecule has 1 rings (SSSR count). The number of hydrogen-bond donors (Lipinski definition) is 1. The van der Waals surface area contributed by atoms with Crippen LogP contribution in [0.25, 0.3) is 0 Å². The van der Waals surface area contributed by atoms with E-state index >= 15 is 0 Å². The number of halogens is 2. The van der Waals surface area contributed by atoms with Crippen molar-refractivity contribution in [1.82, 2.24) is 0 Å². The van der Waals surface area contributed by atoms with E-state index in [0.29, 0.717) is 5.56 Å². The zero-order valence-electron chi connectivity index (χ0n) is 7.58. The Balaban J connectivity index is 3.05. The molecule has 1 aromatic carbocycles. The molecule has 14 heavy (non-hydrogen) atoms. The molecule has 0 aliphatic rings. The van der Waals surface area contributed by atoms with Crippen LogP contribution in [-0.4, -0.2) is 17.2 Å². The number of carbonyl (C=O) groups is 1. The van der Waals surface area contributed by atoms with Crippen LogP contribution >= 0.6 is 15.9 Å². The van der Waals surface area contributed by atoms with Gasteiger partial charge in [-0.25, -0.2) is 4.39 Å². The lowest BCUT2D eigenvalue weighted by Crippen LogP contribution is -2.20. The van der Waals surface area contributed by atoms with Gasteiger partial charge in [0.15, 0.2) is 0 Å². The third-order valence-electron chi connectivity index (χ3n) is 1.93. The lowest BCUT2D eigenvalue weighted by Gasteiger charge is -2.13. The molecular weight excluding hydrogens is 251 g/mol. The van der Waals surface area contributed by atoms with Gasteiger partial charge in [0.25, 0.3) is 0 Å². The van der Waals surface area contributed by atoms with E-state index in [0.717, 1.165) is 4.47 Å². The number of benzene rings is 1. The van der Waals surface area contributed by atoms with Crippen molar-refractivity contribution in [3.63, 3.8) is 0 Å². The molecule has 2 nitrogen and oxygen atoms in total. The van der Waals surface area contributed by atoms with Gasteiger partial charge in [-0.1, -0.05) is 28.1 Å². The van der Waals surface area contributed by atoms with Crippen LogP contribution < -0.4 is 0 Å². The molecule has 2 atom stereocenters. The minimum atomic E-state index is -1.40. The summed E-state index contributed by atoms with van der Waals surface area (Å²) >= 11 is 3.21. The minimum Gasteiger partial charge on any atom is -0.481 e. The normalized spacial score (nSPS) is 14.8. The first kappa shape index (κ1) is 11.2. The van der Waals surface area contributed by atoms with Gasteiger partial charge in [-0.2, -0.15) is 0 Å². The van der Waals surface area contributed by atoms with Gasteiger partial charge in [0, 0.05) is 4.47 Å². The lowest BCUT2D eigenvalue weighted by molar-refractivity contribution is -0.140. The van der Waals surface area contributed by atoms with Crippen molar-refractivity contribution >= 4 is 21.9 Å². The van der Waals surface area contributed by atoms with Gasteiger partial charge < -0.3 is 5.11 Å². The molecule has 0 amide bonds. The van der Waals surface area contributed by atoms with Gasteiger partial charge in [-0.05, 0) is 24.6 Å². The maximum atomic E-state index is 13.0. The molecule has 1 aromatic rings. The van der Waals surface area contributed by atoms with Crippen molar-refractivity contribution in [1.29, 1.82) is 0 Å². The van der Waals surface area contributed by atoms with E-state index in [1.54, 1.807) is 24.3 Å². The standard InChI is InChI=1S/C10H10BrFO2/c1-6(12)9(10(13)14)7-3-2-4-8(11)5-7/h2-6,9H,1H3,(H,13,14). The Hall–Kier alpha value is -0.900. The molecule has 0 saturated heterocycles. The Morgan fingerprint density at radius 3 is 2.64 bits per heavy atom. The SMILES string of the molecule is CC(F)C(C(=O)O)c1cccc(Br)c1.